The van der Waals surface area contributed by atoms with Gasteiger partial charge in [-0.1, -0.05) is 0 Å². The minimum absolute atomic E-state index is 0.342. The number of aliphatic hydroxyl groups excluding tert-OH is 1. The first kappa shape index (κ1) is 10.1. The molecule has 1 fully saturated rings. The predicted molar refractivity (Wildman–Crippen MR) is 56.6 cm³/mol. The second-order valence-corrected chi connectivity index (χ2v) is 4.94. The molecular formula is C10H15NO2S. The summed E-state index contributed by atoms with van der Waals surface area (Å²) in [5, 5.41) is 9.19. The van der Waals surface area contributed by atoms with Gasteiger partial charge in [-0.15, -0.1) is 0 Å². The molecule has 2 unspecified atom stereocenters. The van der Waals surface area contributed by atoms with Crippen molar-refractivity contribution in [3.63, 3.8) is 0 Å². The van der Waals surface area contributed by atoms with Gasteiger partial charge in [-0.25, -0.2) is 4.98 Å². The van der Waals surface area contributed by atoms with Crippen LogP contribution >= 0.6 is 11.8 Å². The maximum Gasteiger partial charge on any atom is 0.198 e. The van der Waals surface area contributed by atoms with E-state index in [-0.39, 0.29) is 6.10 Å². The van der Waals surface area contributed by atoms with Crippen molar-refractivity contribution >= 4 is 11.8 Å². The van der Waals surface area contributed by atoms with Gasteiger partial charge in [-0.3, -0.25) is 0 Å². The molecule has 0 bridgehead atoms. The van der Waals surface area contributed by atoms with Crippen LogP contribution in [0.5, 0.6) is 0 Å². The van der Waals surface area contributed by atoms with Crippen LogP contribution in [0.2, 0.25) is 0 Å². The van der Waals surface area contributed by atoms with E-state index in [0.717, 1.165) is 17.3 Å². The summed E-state index contributed by atoms with van der Waals surface area (Å²) in [6.45, 7) is 1.76. The highest BCUT2D eigenvalue weighted by Crippen LogP contribution is 2.31. The van der Waals surface area contributed by atoms with E-state index in [1.54, 1.807) is 13.2 Å². The molecular weight excluding hydrogens is 198 g/mol. The number of hydrogen-bond donors (Lipinski definition) is 1. The van der Waals surface area contributed by atoms with Crippen molar-refractivity contribution in [1.82, 2.24) is 4.98 Å². The lowest BCUT2D eigenvalue weighted by molar-refractivity contribution is 0.194. The summed E-state index contributed by atoms with van der Waals surface area (Å²) in [5.41, 5.74) is 0.868. The molecule has 2 atom stereocenters. The van der Waals surface area contributed by atoms with Gasteiger partial charge in [0.25, 0.3) is 0 Å². The van der Waals surface area contributed by atoms with Gasteiger partial charge in [0.05, 0.1) is 11.8 Å². The normalized spacial score (nSPS) is 24.0. The monoisotopic (exact) mass is 213 g/mol. The average molecular weight is 213 g/mol. The van der Waals surface area contributed by atoms with Gasteiger partial charge in [0, 0.05) is 18.1 Å². The van der Waals surface area contributed by atoms with Crippen LogP contribution in [-0.4, -0.2) is 27.7 Å². The van der Waals surface area contributed by atoms with Crippen LogP contribution in [0.15, 0.2) is 10.7 Å². The molecule has 0 aliphatic carbocycles. The molecule has 4 heteroatoms. The van der Waals surface area contributed by atoms with E-state index in [0.29, 0.717) is 12.3 Å². The van der Waals surface area contributed by atoms with E-state index in [2.05, 4.69) is 4.98 Å². The standard InChI is InChI=1S/C10H15NO2S/c1-7(12)4-9-5-13-10(11-9)8-2-3-14-6-8/h5,7-8,12H,2-4,6H2,1H3. The second-order valence-electron chi connectivity index (χ2n) is 3.79. The Morgan fingerprint density at radius 3 is 3.29 bits per heavy atom. The molecule has 2 heterocycles. The SMILES string of the molecule is CC(O)Cc1coc(C2CCSC2)n1. The van der Waals surface area contributed by atoms with E-state index in [1.807, 2.05) is 11.8 Å². The smallest absolute Gasteiger partial charge is 0.198 e. The van der Waals surface area contributed by atoms with Crippen LogP contribution < -0.4 is 0 Å². The Balaban J connectivity index is 2.01. The molecule has 1 aromatic rings. The summed E-state index contributed by atoms with van der Waals surface area (Å²) in [7, 11) is 0. The molecule has 14 heavy (non-hydrogen) atoms. The first-order valence-electron chi connectivity index (χ1n) is 4.96. The third kappa shape index (κ3) is 2.30. The highest BCUT2D eigenvalue weighted by atomic mass is 32.2. The lowest BCUT2D eigenvalue weighted by atomic mass is 10.1. The van der Waals surface area contributed by atoms with E-state index in [9.17, 15) is 5.11 Å². The minimum atomic E-state index is -0.342. The molecule has 2 rings (SSSR count). The Hall–Kier alpha value is -0.480. The van der Waals surface area contributed by atoms with Gasteiger partial charge in [0.15, 0.2) is 5.89 Å². The van der Waals surface area contributed by atoms with Crippen molar-refractivity contribution < 1.29 is 9.52 Å². The molecule has 78 valence electrons. The van der Waals surface area contributed by atoms with Crippen LogP contribution in [0.3, 0.4) is 0 Å². The molecule has 1 saturated heterocycles. The molecule has 0 saturated carbocycles. The number of hydrogen-bond acceptors (Lipinski definition) is 4. The Bertz CT molecular complexity index is 292. The fourth-order valence-corrected chi connectivity index (χ4v) is 2.85. The van der Waals surface area contributed by atoms with E-state index in [1.165, 1.54) is 12.2 Å². The Kier molecular flexibility index (Phi) is 3.13. The summed E-state index contributed by atoms with van der Waals surface area (Å²) in [6.07, 6.45) is 3.08. The largest absolute Gasteiger partial charge is 0.448 e. The van der Waals surface area contributed by atoms with Crippen LogP contribution in [0.4, 0.5) is 0 Å². The minimum Gasteiger partial charge on any atom is -0.448 e. The number of nitrogens with zero attached hydrogens (tertiary/aromatic N) is 1. The molecule has 0 radical (unpaired) electrons. The van der Waals surface area contributed by atoms with E-state index >= 15 is 0 Å². The lowest BCUT2D eigenvalue weighted by Crippen LogP contribution is -2.05. The van der Waals surface area contributed by atoms with Crippen molar-refractivity contribution in [3.8, 4) is 0 Å². The zero-order valence-corrected chi connectivity index (χ0v) is 9.09. The molecule has 0 aromatic carbocycles. The Morgan fingerprint density at radius 1 is 1.79 bits per heavy atom. The molecule has 1 aliphatic rings. The van der Waals surface area contributed by atoms with Crippen molar-refractivity contribution in [1.29, 1.82) is 0 Å². The number of rotatable bonds is 3. The average Bonchev–Trinajstić information content (AvgIpc) is 2.69. The Morgan fingerprint density at radius 2 is 2.64 bits per heavy atom. The van der Waals surface area contributed by atoms with Crippen molar-refractivity contribution in [2.75, 3.05) is 11.5 Å². The summed E-state index contributed by atoms with van der Waals surface area (Å²) >= 11 is 1.95. The second kappa shape index (κ2) is 4.36. The Labute approximate surface area is 87.9 Å². The highest BCUT2D eigenvalue weighted by Gasteiger charge is 2.22. The van der Waals surface area contributed by atoms with Gasteiger partial charge in [-0.2, -0.15) is 11.8 Å². The van der Waals surface area contributed by atoms with Crippen molar-refractivity contribution in [2.24, 2.45) is 0 Å². The number of aromatic nitrogens is 1. The zero-order chi connectivity index (χ0) is 9.97. The predicted octanol–water partition coefficient (Wildman–Crippen LogP) is 1.82. The fourth-order valence-electron chi connectivity index (χ4n) is 1.64. The first-order valence-corrected chi connectivity index (χ1v) is 6.11. The van der Waals surface area contributed by atoms with Gasteiger partial charge in [0.2, 0.25) is 0 Å². The van der Waals surface area contributed by atoms with Crippen LogP contribution in [-0.2, 0) is 6.42 Å². The summed E-state index contributed by atoms with van der Waals surface area (Å²) in [4.78, 5) is 4.39. The molecule has 1 aliphatic heterocycles. The molecule has 1 N–H and O–H groups in total. The molecule has 0 amide bonds. The summed E-state index contributed by atoms with van der Waals surface area (Å²) < 4.78 is 5.41. The van der Waals surface area contributed by atoms with Gasteiger partial charge in [0.1, 0.15) is 6.26 Å². The third-order valence-corrected chi connectivity index (χ3v) is 3.52. The van der Waals surface area contributed by atoms with E-state index < -0.39 is 0 Å². The van der Waals surface area contributed by atoms with Crippen molar-refractivity contribution in [2.45, 2.75) is 31.8 Å². The number of oxazole rings is 1. The van der Waals surface area contributed by atoms with Crippen LogP contribution in [0.1, 0.15) is 30.8 Å². The summed E-state index contributed by atoms with van der Waals surface area (Å²) in [5.74, 6) is 3.67. The van der Waals surface area contributed by atoms with E-state index in [4.69, 9.17) is 4.42 Å². The maximum absolute atomic E-state index is 9.19. The topological polar surface area (TPSA) is 46.3 Å². The van der Waals surface area contributed by atoms with Crippen molar-refractivity contribution in [3.05, 3.63) is 17.8 Å². The fraction of sp³-hybridized carbons (Fsp3) is 0.700. The molecule has 3 nitrogen and oxygen atoms in total. The summed E-state index contributed by atoms with van der Waals surface area (Å²) in [6, 6.07) is 0. The quantitative estimate of drug-likeness (QED) is 0.832. The molecule has 1 aromatic heterocycles. The third-order valence-electron chi connectivity index (χ3n) is 2.35. The first-order chi connectivity index (χ1) is 6.75. The number of aliphatic hydroxyl groups is 1. The van der Waals surface area contributed by atoms with Gasteiger partial charge in [-0.05, 0) is 19.1 Å². The molecule has 0 spiro atoms. The van der Waals surface area contributed by atoms with Crippen LogP contribution in [0, 0.1) is 0 Å². The van der Waals surface area contributed by atoms with Crippen LogP contribution in [0.25, 0.3) is 0 Å². The van der Waals surface area contributed by atoms with Gasteiger partial charge < -0.3 is 9.52 Å². The number of thioether (sulfide) groups is 1. The maximum atomic E-state index is 9.19. The van der Waals surface area contributed by atoms with Gasteiger partial charge >= 0.3 is 0 Å². The highest BCUT2D eigenvalue weighted by molar-refractivity contribution is 7.99. The lowest BCUT2D eigenvalue weighted by Gasteiger charge is -2.00. The zero-order valence-electron chi connectivity index (χ0n) is 8.27.